The lowest BCUT2D eigenvalue weighted by Crippen LogP contribution is -2.55. The molecule has 0 unspecified atom stereocenters. The predicted octanol–water partition coefficient (Wildman–Crippen LogP) is 2.72. The molecule has 1 saturated carbocycles. The summed E-state index contributed by atoms with van der Waals surface area (Å²) in [4.78, 5) is 27.8. The van der Waals surface area contributed by atoms with Crippen molar-refractivity contribution in [3.63, 3.8) is 0 Å². The highest BCUT2D eigenvalue weighted by Gasteiger charge is 2.39. The topological polar surface area (TPSA) is 61.9 Å². The van der Waals surface area contributed by atoms with Crippen LogP contribution in [0, 0.1) is 0 Å². The number of carbonyl (C=O) groups excluding carboxylic acids is 2. The molecule has 0 radical (unpaired) electrons. The Morgan fingerprint density at radius 1 is 1.12 bits per heavy atom. The van der Waals surface area contributed by atoms with Crippen LogP contribution in [0.3, 0.4) is 0 Å². The Kier molecular flexibility index (Phi) is 6.19. The molecule has 3 rings (SSSR count). The van der Waals surface area contributed by atoms with Gasteiger partial charge in [0.25, 0.3) is 0 Å². The summed E-state index contributed by atoms with van der Waals surface area (Å²) in [7, 11) is 0. The Labute approximate surface area is 163 Å². The molecule has 1 aliphatic carbocycles. The summed E-state index contributed by atoms with van der Waals surface area (Å²) in [5, 5.41) is 3.51. The molecule has 26 heavy (non-hydrogen) atoms. The second-order valence-corrected chi connectivity index (χ2v) is 7.78. The average Bonchev–Trinajstić information content (AvgIpc) is 2.62. The molecule has 2 amide bonds. The van der Waals surface area contributed by atoms with E-state index in [0.29, 0.717) is 39.3 Å². The van der Waals surface area contributed by atoms with Crippen molar-refractivity contribution >= 4 is 27.9 Å². The van der Waals surface area contributed by atoms with Gasteiger partial charge in [0.1, 0.15) is 0 Å². The number of hydrogen-bond donors (Lipinski definition) is 1. The summed E-state index contributed by atoms with van der Waals surface area (Å²) in [6, 6.07) is 8.35. The minimum atomic E-state index is -0.290. The fourth-order valence-corrected chi connectivity index (χ4v) is 3.84. The molecule has 1 aliphatic heterocycles. The molecule has 0 atom stereocenters. The average molecular weight is 424 g/mol. The second kappa shape index (κ2) is 8.39. The molecule has 2 aliphatic rings. The van der Waals surface area contributed by atoms with Crippen LogP contribution in [0.25, 0.3) is 0 Å². The minimum absolute atomic E-state index is 0.0802. The Hall–Kier alpha value is -1.60. The van der Waals surface area contributed by atoms with E-state index in [2.05, 4.69) is 33.4 Å². The molecule has 0 spiro atoms. The van der Waals surface area contributed by atoms with Gasteiger partial charge in [-0.2, -0.15) is 0 Å². The Bertz CT molecular complexity index is 638. The van der Waals surface area contributed by atoms with E-state index < -0.39 is 0 Å². The number of piperazine rings is 1. The summed E-state index contributed by atoms with van der Waals surface area (Å²) in [6.07, 6.45) is 2.99. The maximum absolute atomic E-state index is 12.6. The van der Waals surface area contributed by atoms with Crippen LogP contribution in [0.5, 0.6) is 0 Å². The zero-order valence-electron chi connectivity index (χ0n) is 15.2. The smallest absolute Gasteiger partial charge is 0.409 e. The van der Waals surface area contributed by atoms with Crippen molar-refractivity contribution in [3.05, 3.63) is 34.3 Å². The van der Waals surface area contributed by atoms with Crippen molar-refractivity contribution < 1.29 is 14.3 Å². The van der Waals surface area contributed by atoms with E-state index >= 15 is 0 Å². The number of amides is 2. The molecule has 1 heterocycles. The van der Waals surface area contributed by atoms with E-state index in [9.17, 15) is 9.59 Å². The maximum atomic E-state index is 12.6. The first-order valence-corrected chi connectivity index (χ1v) is 10.0. The van der Waals surface area contributed by atoms with Crippen LogP contribution in [-0.4, -0.2) is 61.1 Å². The first-order chi connectivity index (χ1) is 12.5. The van der Waals surface area contributed by atoms with Gasteiger partial charge in [-0.05, 0) is 43.9 Å². The molecule has 1 aromatic carbocycles. The predicted molar refractivity (Wildman–Crippen MR) is 103 cm³/mol. The van der Waals surface area contributed by atoms with Crippen LogP contribution >= 0.6 is 15.9 Å². The SMILES string of the molecule is CCOC(=O)N1CCN(C(=O)CNC2(c3ccc(Br)cc3)CCC2)CC1. The highest BCUT2D eigenvalue weighted by molar-refractivity contribution is 9.10. The highest BCUT2D eigenvalue weighted by Crippen LogP contribution is 2.41. The standard InChI is InChI=1S/C19H26BrN3O3/c1-2-26-18(25)23-12-10-22(11-13-23)17(24)14-21-19(8-3-9-19)15-4-6-16(20)7-5-15/h4-7,21H,2-3,8-14H2,1H3. The van der Waals surface area contributed by atoms with Gasteiger partial charge >= 0.3 is 6.09 Å². The van der Waals surface area contributed by atoms with Crippen molar-refractivity contribution in [3.8, 4) is 0 Å². The van der Waals surface area contributed by atoms with Gasteiger partial charge in [-0.25, -0.2) is 4.79 Å². The first-order valence-electron chi connectivity index (χ1n) is 9.24. The van der Waals surface area contributed by atoms with Crippen LogP contribution in [0.1, 0.15) is 31.7 Å². The summed E-state index contributed by atoms with van der Waals surface area (Å²) < 4.78 is 6.08. The maximum Gasteiger partial charge on any atom is 0.409 e. The van der Waals surface area contributed by atoms with Gasteiger partial charge < -0.3 is 14.5 Å². The van der Waals surface area contributed by atoms with Gasteiger partial charge in [0.2, 0.25) is 5.91 Å². The lowest BCUT2D eigenvalue weighted by Gasteiger charge is -2.44. The molecule has 2 fully saturated rings. The summed E-state index contributed by atoms with van der Waals surface area (Å²) in [5.41, 5.74) is 1.16. The molecule has 0 bridgehead atoms. The third kappa shape index (κ3) is 4.20. The minimum Gasteiger partial charge on any atom is -0.450 e. The lowest BCUT2D eigenvalue weighted by molar-refractivity contribution is -0.132. The quantitative estimate of drug-likeness (QED) is 0.790. The molecule has 6 nitrogen and oxygen atoms in total. The van der Waals surface area contributed by atoms with Crippen molar-refractivity contribution in [1.82, 2.24) is 15.1 Å². The largest absolute Gasteiger partial charge is 0.450 e. The van der Waals surface area contributed by atoms with E-state index in [1.54, 1.807) is 11.8 Å². The normalized spacial score (nSPS) is 19.0. The number of carbonyl (C=O) groups is 2. The fourth-order valence-electron chi connectivity index (χ4n) is 3.58. The summed E-state index contributed by atoms with van der Waals surface area (Å²) in [5.74, 6) is 0.0943. The molecule has 1 saturated heterocycles. The van der Waals surface area contributed by atoms with Gasteiger partial charge in [0.15, 0.2) is 0 Å². The number of rotatable bonds is 5. The van der Waals surface area contributed by atoms with E-state index in [-0.39, 0.29) is 17.5 Å². The summed E-state index contributed by atoms with van der Waals surface area (Å²) >= 11 is 3.47. The van der Waals surface area contributed by atoms with Gasteiger partial charge in [-0.15, -0.1) is 0 Å². The fraction of sp³-hybridized carbons (Fsp3) is 0.579. The van der Waals surface area contributed by atoms with Gasteiger partial charge in [0.05, 0.1) is 13.2 Å². The monoisotopic (exact) mass is 423 g/mol. The van der Waals surface area contributed by atoms with Crippen molar-refractivity contribution in [2.45, 2.75) is 31.7 Å². The first kappa shape index (κ1) is 19.2. The molecular weight excluding hydrogens is 398 g/mol. The van der Waals surface area contributed by atoms with Crippen LogP contribution in [0.2, 0.25) is 0 Å². The van der Waals surface area contributed by atoms with Crippen LogP contribution in [-0.2, 0) is 15.1 Å². The Balaban J connectivity index is 1.51. The Morgan fingerprint density at radius 3 is 2.27 bits per heavy atom. The van der Waals surface area contributed by atoms with E-state index in [0.717, 1.165) is 17.3 Å². The number of hydrogen-bond acceptors (Lipinski definition) is 4. The number of benzene rings is 1. The van der Waals surface area contributed by atoms with Gasteiger partial charge in [-0.3, -0.25) is 10.1 Å². The lowest BCUT2D eigenvalue weighted by atomic mass is 9.72. The van der Waals surface area contributed by atoms with Gasteiger partial charge in [-0.1, -0.05) is 28.1 Å². The number of halogens is 1. The van der Waals surface area contributed by atoms with Crippen LogP contribution < -0.4 is 5.32 Å². The highest BCUT2D eigenvalue weighted by atomic mass is 79.9. The molecule has 1 N–H and O–H groups in total. The molecule has 0 aromatic heterocycles. The molecule has 1 aromatic rings. The Morgan fingerprint density at radius 2 is 1.73 bits per heavy atom. The van der Waals surface area contributed by atoms with Crippen molar-refractivity contribution in [2.24, 2.45) is 0 Å². The van der Waals surface area contributed by atoms with Crippen molar-refractivity contribution in [2.75, 3.05) is 39.3 Å². The summed E-state index contributed by atoms with van der Waals surface area (Å²) in [6.45, 7) is 4.68. The number of nitrogens with one attached hydrogen (secondary N) is 1. The zero-order valence-corrected chi connectivity index (χ0v) is 16.8. The third-order valence-electron chi connectivity index (χ3n) is 5.34. The second-order valence-electron chi connectivity index (χ2n) is 6.86. The molecule has 7 heteroatoms. The van der Waals surface area contributed by atoms with E-state index in [4.69, 9.17) is 4.74 Å². The molecule has 142 valence electrons. The van der Waals surface area contributed by atoms with E-state index in [1.165, 1.54) is 12.0 Å². The van der Waals surface area contributed by atoms with Crippen molar-refractivity contribution in [1.29, 1.82) is 0 Å². The van der Waals surface area contributed by atoms with E-state index in [1.807, 2.05) is 17.0 Å². The van der Waals surface area contributed by atoms with Crippen LogP contribution in [0.4, 0.5) is 4.79 Å². The van der Waals surface area contributed by atoms with Crippen LogP contribution in [0.15, 0.2) is 28.7 Å². The van der Waals surface area contributed by atoms with Gasteiger partial charge in [0, 0.05) is 36.2 Å². The molecular formula is C19H26BrN3O3. The third-order valence-corrected chi connectivity index (χ3v) is 5.87. The zero-order chi connectivity index (χ0) is 18.6. The number of nitrogens with zero attached hydrogens (tertiary/aromatic N) is 2. The number of ether oxygens (including phenoxy) is 1.